The molecule has 0 spiro atoms. The standard InChI is InChI=1S/C24H26N4O5S/c1-28(2)34(31,32)22-14-10-18(11-15-22)25-16-23(29)26-19-6-4-17(5-7-19)24(30)27-20-8-12-21(33-3)13-9-20/h4-15,25H,16H2,1-3H3,(H,26,29)(H,27,30). The van der Waals surface area contributed by atoms with Gasteiger partial charge in [0.2, 0.25) is 15.9 Å². The zero-order valence-electron chi connectivity index (χ0n) is 19.0. The van der Waals surface area contributed by atoms with Gasteiger partial charge in [-0.25, -0.2) is 12.7 Å². The highest BCUT2D eigenvalue weighted by molar-refractivity contribution is 7.89. The van der Waals surface area contributed by atoms with Crippen molar-refractivity contribution in [1.29, 1.82) is 0 Å². The Balaban J connectivity index is 1.51. The maximum absolute atomic E-state index is 12.4. The molecule has 3 N–H and O–H groups in total. The Labute approximate surface area is 198 Å². The first kappa shape index (κ1) is 24.7. The first-order valence-corrected chi connectivity index (χ1v) is 11.7. The molecule has 0 saturated carbocycles. The average molecular weight is 483 g/mol. The van der Waals surface area contributed by atoms with Crippen LogP contribution in [0.2, 0.25) is 0 Å². The van der Waals surface area contributed by atoms with E-state index in [0.29, 0.717) is 28.4 Å². The van der Waals surface area contributed by atoms with Crippen LogP contribution in [0.4, 0.5) is 17.1 Å². The lowest BCUT2D eigenvalue weighted by molar-refractivity contribution is -0.114. The maximum atomic E-state index is 12.4. The molecule has 0 heterocycles. The van der Waals surface area contributed by atoms with Crippen molar-refractivity contribution in [2.24, 2.45) is 0 Å². The molecular formula is C24H26N4O5S. The molecule has 0 saturated heterocycles. The number of nitrogens with one attached hydrogen (secondary N) is 3. The molecule has 10 heteroatoms. The van der Waals surface area contributed by atoms with E-state index in [-0.39, 0.29) is 23.3 Å². The molecule has 3 aromatic carbocycles. The lowest BCUT2D eigenvalue weighted by atomic mass is 10.2. The number of hydrogen-bond acceptors (Lipinski definition) is 6. The summed E-state index contributed by atoms with van der Waals surface area (Å²) in [4.78, 5) is 24.8. The zero-order valence-corrected chi connectivity index (χ0v) is 19.8. The third-order valence-electron chi connectivity index (χ3n) is 4.86. The quantitative estimate of drug-likeness (QED) is 0.431. The first-order chi connectivity index (χ1) is 16.2. The lowest BCUT2D eigenvalue weighted by Crippen LogP contribution is -2.23. The smallest absolute Gasteiger partial charge is 0.255 e. The summed E-state index contributed by atoms with van der Waals surface area (Å²) in [7, 11) is 0.996. The Morgan fingerprint density at radius 2 is 1.32 bits per heavy atom. The average Bonchev–Trinajstić information content (AvgIpc) is 2.84. The van der Waals surface area contributed by atoms with Gasteiger partial charge in [0.05, 0.1) is 18.6 Å². The Bertz CT molecular complexity index is 1240. The fourth-order valence-corrected chi connectivity index (χ4v) is 3.83. The van der Waals surface area contributed by atoms with Crippen molar-refractivity contribution in [2.75, 3.05) is 43.7 Å². The Kier molecular flexibility index (Phi) is 7.87. The number of ether oxygens (including phenoxy) is 1. The fourth-order valence-electron chi connectivity index (χ4n) is 2.93. The van der Waals surface area contributed by atoms with Crippen LogP contribution in [0.15, 0.2) is 77.7 Å². The van der Waals surface area contributed by atoms with Crippen molar-refractivity contribution < 1.29 is 22.7 Å². The van der Waals surface area contributed by atoms with E-state index in [4.69, 9.17) is 4.74 Å². The van der Waals surface area contributed by atoms with E-state index in [1.165, 1.54) is 26.2 Å². The van der Waals surface area contributed by atoms with Gasteiger partial charge in [0, 0.05) is 36.7 Å². The van der Waals surface area contributed by atoms with Crippen LogP contribution < -0.4 is 20.7 Å². The van der Waals surface area contributed by atoms with Gasteiger partial charge in [0.15, 0.2) is 0 Å². The largest absolute Gasteiger partial charge is 0.497 e. The number of methoxy groups -OCH3 is 1. The molecule has 3 rings (SSSR count). The van der Waals surface area contributed by atoms with Gasteiger partial charge in [-0.3, -0.25) is 9.59 Å². The molecule has 34 heavy (non-hydrogen) atoms. The van der Waals surface area contributed by atoms with Gasteiger partial charge in [0.1, 0.15) is 5.75 Å². The minimum absolute atomic E-state index is 0.0144. The van der Waals surface area contributed by atoms with Gasteiger partial charge in [-0.1, -0.05) is 0 Å². The van der Waals surface area contributed by atoms with Crippen molar-refractivity contribution in [3.05, 3.63) is 78.4 Å². The van der Waals surface area contributed by atoms with Crippen molar-refractivity contribution in [2.45, 2.75) is 4.90 Å². The summed E-state index contributed by atoms with van der Waals surface area (Å²) < 4.78 is 30.4. The molecule has 2 amide bonds. The Morgan fingerprint density at radius 1 is 0.794 bits per heavy atom. The van der Waals surface area contributed by atoms with Gasteiger partial charge in [-0.2, -0.15) is 0 Å². The highest BCUT2D eigenvalue weighted by Crippen LogP contribution is 2.18. The number of sulfonamides is 1. The Morgan fingerprint density at radius 3 is 1.88 bits per heavy atom. The number of anilines is 3. The van der Waals surface area contributed by atoms with E-state index >= 15 is 0 Å². The van der Waals surface area contributed by atoms with E-state index in [1.807, 2.05) is 0 Å². The number of carbonyl (C=O) groups excluding carboxylic acids is 2. The predicted octanol–water partition coefficient (Wildman–Crippen LogP) is 3.25. The fraction of sp³-hybridized carbons (Fsp3) is 0.167. The molecule has 9 nitrogen and oxygen atoms in total. The highest BCUT2D eigenvalue weighted by atomic mass is 32.2. The van der Waals surface area contributed by atoms with Crippen molar-refractivity contribution in [1.82, 2.24) is 4.31 Å². The van der Waals surface area contributed by atoms with Crippen LogP contribution in [-0.4, -0.2) is 52.3 Å². The summed E-state index contributed by atoms with van der Waals surface area (Å²) >= 11 is 0. The van der Waals surface area contributed by atoms with Crippen LogP contribution in [0.5, 0.6) is 5.75 Å². The first-order valence-electron chi connectivity index (χ1n) is 10.3. The molecule has 3 aromatic rings. The summed E-state index contributed by atoms with van der Waals surface area (Å²) in [6.07, 6.45) is 0. The predicted molar refractivity (Wildman–Crippen MR) is 132 cm³/mol. The van der Waals surface area contributed by atoms with Crippen LogP contribution in [0, 0.1) is 0 Å². The molecule has 0 radical (unpaired) electrons. The van der Waals surface area contributed by atoms with Gasteiger partial charge < -0.3 is 20.7 Å². The number of benzene rings is 3. The number of hydrogen-bond donors (Lipinski definition) is 3. The van der Waals surface area contributed by atoms with Crippen molar-refractivity contribution >= 4 is 38.9 Å². The summed E-state index contributed by atoms with van der Waals surface area (Å²) in [5, 5.41) is 8.48. The van der Waals surface area contributed by atoms with E-state index in [2.05, 4.69) is 16.0 Å². The SMILES string of the molecule is COc1ccc(NC(=O)c2ccc(NC(=O)CNc3ccc(S(=O)(=O)N(C)C)cc3)cc2)cc1. The molecule has 0 aliphatic carbocycles. The number of rotatable bonds is 9. The summed E-state index contributed by atoms with van der Waals surface area (Å²) in [5.74, 6) is 0.131. The van der Waals surface area contributed by atoms with E-state index in [0.717, 1.165) is 4.31 Å². The molecule has 0 aliphatic heterocycles. The van der Waals surface area contributed by atoms with E-state index in [9.17, 15) is 18.0 Å². The monoisotopic (exact) mass is 482 g/mol. The molecule has 0 atom stereocenters. The third-order valence-corrected chi connectivity index (χ3v) is 6.69. The van der Waals surface area contributed by atoms with Crippen molar-refractivity contribution in [3.8, 4) is 5.75 Å². The second-order valence-electron chi connectivity index (χ2n) is 7.47. The van der Waals surface area contributed by atoms with Gasteiger partial charge in [-0.15, -0.1) is 0 Å². The molecular weight excluding hydrogens is 456 g/mol. The minimum Gasteiger partial charge on any atom is -0.497 e. The van der Waals surface area contributed by atoms with Gasteiger partial charge >= 0.3 is 0 Å². The highest BCUT2D eigenvalue weighted by Gasteiger charge is 2.16. The van der Waals surface area contributed by atoms with Crippen LogP contribution in [0.25, 0.3) is 0 Å². The number of nitrogens with zero attached hydrogens (tertiary/aromatic N) is 1. The summed E-state index contributed by atoms with van der Waals surface area (Å²) in [6, 6.07) is 19.7. The second-order valence-corrected chi connectivity index (χ2v) is 9.63. The van der Waals surface area contributed by atoms with Crippen molar-refractivity contribution in [3.63, 3.8) is 0 Å². The van der Waals surface area contributed by atoms with Gasteiger partial charge in [-0.05, 0) is 72.8 Å². The minimum atomic E-state index is -3.50. The summed E-state index contributed by atoms with van der Waals surface area (Å²) in [6.45, 7) is -0.0144. The molecule has 178 valence electrons. The topological polar surface area (TPSA) is 117 Å². The number of amides is 2. The molecule has 0 aromatic heterocycles. The summed E-state index contributed by atoms with van der Waals surface area (Å²) in [5.41, 5.74) is 2.24. The maximum Gasteiger partial charge on any atom is 0.255 e. The number of carbonyl (C=O) groups is 2. The molecule has 0 aliphatic rings. The van der Waals surface area contributed by atoms with Crippen LogP contribution in [0.1, 0.15) is 10.4 Å². The van der Waals surface area contributed by atoms with Crippen LogP contribution in [-0.2, 0) is 14.8 Å². The van der Waals surface area contributed by atoms with Gasteiger partial charge in [0.25, 0.3) is 5.91 Å². The zero-order chi connectivity index (χ0) is 24.7. The normalized spacial score (nSPS) is 11.1. The molecule has 0 fully saturated rings. The lowest BCUT2D eigenvalue weighted by Gasteiger charge is -2.12. The Hall–Kier alpha value is -3.89. The third kappa shape index (κ3) is 6.33. The van der Waals surface area contributed by atoms with E-state index in [1.54, 1.807) is 67.8 Å². The van der Waals surface area contributed by atoms with Crippen LogP contribution >= 0.6 is 0 Å². The molecule has 0 bridgehead atoms. The second kappa shape index (κ2) is 10.8. The van der Waals surface area contributed by atoms with E-state index < -0.39 is 10.0 Å². The van der Waals surface area contributed by atoms with Crippen LogP contribution in [0.3, 0.4) is 0 Å². The molecule has 0 unspecified atom stereocenters.